The van der Waals surface area contributed by atoms with E-state index in [2.05, 4.69) is 15.6 Å². The number of hydrogen-bond donors (Lipinski definition) is 2. The molecule has 2 N–H and O–H groups in total. The molecule has 1 aromatic carbocycles. The van der Waals surface area contributed by atoms with E-state index in [9.17, 15) is 22.0 Å². The Balaban J connectivity index is 0.00000420. The number of hydrogen-bond acceptors (Lipinski definition) is 2. The van der Waals surface area contributed by atoms with E-state index in [0.717, 1.165) is 31.4 Å². The molecule has 2 rings (SSSR count). The molecule has 1 aliphatic rings. The summed E-state index contributed by atoms with van der Waals surface area (Å²) in [5.74, 6) is 0.0333. The van der Waals surface area contributed by atoms with Crippen LogP contribution in [0.5, 0.6) is 0 Å². The van der Waals surface area contributed by atoms with Gasteiger partial charge in [0, 0.05) is 20.1 Å². The Morgan fingerprint density at radius 1 is 1.14 bits per heavy atom. The van der Waals surface area contributed by atoms with Gasteiger partial charge in [0.1, 0.15) is 11.6 Å². The Labute approximate surface area is 185 Å². The van der Waals surface area contributed by atoms with Crippen LogP contribution in [0.15, 0.2) is 23.2 Å². The van der Waals surface area contributed by atoms with Gasteiger partial charge in [0.2, 0.25) is 0 Å². The smallest absolute Gasteiger partial charge is 0.356 e. The average Bonchev–Trinajstić information content (AvgIpc) is 2.63. The lowest BCUT2D eigenvalue weighted by atomic mass is 9.93. The third-order valence-electron chi connectivity index (χ3n) is 4.87. The molecule has 4 nitrogen and oxygen atoms in total. The van der Waals surface area contributed by atoms with Crippen molar-refractivity contribution in [1.82, 2.24) is 15.5 Å². The average molecular weight is 534 g/mol. The van der Waals surface area contributed by atoms with Gasteiger partial charge in [-0.2, -0.15) is 13.2 Å². The van der Waals surface area contributed by atoms with E-state index >= 15 is 0 Å². The lowest BCUT2D eigenvalue weighted by Gasteiger charge is -2.32. The number of nitrogens with zero attached hydrogens (tertiary/aromatic N) is 2. The summed E-state index contributed by atoms with van der Waals surface area (Å²) in [6, 6.07) is 3.37. The molecule has 0 saturated carbocycles. The highest BCUT2D eigenvalue weighted by Crippen LogP contribution is 2.23. The van der Waals surface area contributed by atoms with Crippen LogP contribution >= 0.6 is 24.0 Å². The standard InChI is InChI=1S/C19H27F5N4.HI/c1-25-18(27-9-5-15-12-16(20)2-3-17(15)21)26-8-4-14-6-10-28(11-7-14)13-19(22,23)24;/h2-3,12,14H,4-11,13H2,1H3,(H2,25,26,27);1H. The second-order valence-electron chi connectivity index (χ2n) is 7.03. The molecular formula is C19H28F5IN4. The number of guanidine groups is 1. The van der Waals surface area contributed by atoms with E-state index in [1.54, 1.807) is 7.05 Å². The second kappa shape index (κ2) is 12.5. The first-order chi connectivity index (χ1) is 13.3. The molecule has 166 valence electrons. The van der Waals surface area contributed by atoms with Gasteiger partial charge in [0.05, 0.1) is 6.54 Å². The Morgan fingerprint density at radius 2 is 1.79 bits per heavy atom. The third kappa shape index (κ3) is 9.92. The predicted octanol–water partition coefficient (Wildman–Crippen LogP) is 3.95. The normalized spacial score (nSPS) is 16.4. The van der Waals surface area contributed by atoms with Crippen molar-refractivity contribution >= 4 is 29.9 Å². The maximum Gasteiger partial charge on any atom is 0.401 e. The molecule has 0 atom stereocenters. The summed E-state index contributed by atoms with van der Waals surface area (Å²) in [7, 11) is 1.62. The van der Waals surface area contributed by atoms with Crippen molar-refractivity contribution in [2.45, 2.75) is 31.9 Å². The molecule has 0 aromatic heterocycles. The van der Waals surface area contributed by atoms with E-state index < -0.39 is 24.4 Å². The van der Waals surface area contributed by atoms with Crippen molar-refractivity contribution < 1.29 is 22.0 Å². The summed E-state index contributed by atoms with van der Waals surface area (Å²) in [4.78, 5) is 5.54. The SMILES string of the molecule is CN=C(NCCc1cc(F)ccc1F)NCCC1CCN(CC(F)(F)F)CC1.I. The number of likely N-dealkylation sites (tertiary alicyclic amines) is 1. The third-order valence-corrected chi connectivity index (χ3v) is 4.87. The molecule has 1 saturated heterocycles. The Bertz CT molecular complexity index is 646. The van der Waals surface area contributed by atoms with E-state index in [1.165, 1.54) is 11.0 Å². The van der Waals surface area contributed by atoms with Crippen LogP contribution in [-0.4, -0.2) is 56.8 Å². The zero-order chi connectivity index (χ0) is 20.6. The molecule has 10 heteroatoms. The minimum atomic E-state index is -4.14. The molecule has 0 spiro atoms. The highest BCUT2D eigenvalue weighted by molar-refractivity contribution is 14.0. The van der Waals surface area contributed by atoms with Crippen LogP contribution in [0.1, 0.15) is 24.8 Å². The minimum Gasteiger partial charge on any atom is -0.356 e. The van der Waals surface area contributed by atoms with Gasteiger partial charge in [0.15, 0.2) is 5.96 Å². The maximum atomic E-state index is 13.6. The molecule has 1 fully saturated rings. The first kappa shape index (κ1) is 25.9. The fourth-order valence-electron chi connectivity index (χ4n) is 3.35. The van der Waals surface area contributed by atoms with Gasteiger partial charge in [-0.05, 0) is 68.5 Å². The number of benzene rings is 1. The van der Waals surface area contributed by atoms with Gasteiger partial charge in [-0.3, -0.25) is 9.89 Å². The molecular weight excluding hydrogens is 506 g/mol. The lowest BCUT2D eigenvalue weighted by Crippen LogP contribution is -2.42. The number of piperidine rings is 1. The molecule has 1 aliphatic heterocycles. The van der Waals surface area contributed by atoms with Crippen LogP contribution in [-0.2, 0) is 6.42 Å². The summed E-state index contributed by atoms with van der Waals surface area (Å²) in [5, 5.41) is 6.21. The van der Waals surface area contributed by atoms with Crippen LogP contribution in [0.4, 0.5) is 22.0 Å². The molecule has 0 aliphatic carbocycles. The molecule has 0 bridgehead atoms. The molecule has 1 heterocycles. The molecule has 29 heavy (non-hydrogen) atoms. The molecule has 0 amide bonds. The number of alkyl halides is 3. The zero-order valence-electron chi connectivity index (χ0n) is 16.4. The molecule has 0 unspecified atom stereocenters. The summed E-state index contributed by atoms with van der Waals surface area (Å²) in [5.41, 5.74) is 0.300. The van der Waals surface area contributed by atoms with Crippen molar-refractivity contribution in [3.8, 4) is 0 Å². The van der Waals surface area contributed by atoms with Crippen LogP contribution in [0.3, 0.4) is 0 Å². The first-order valence-electron chi connectivity index (χ1n) is 9.44. The predicted molar refractivity (Wildman–Crippen MR) is 115 cm³/mol. The largest absolute Gasteiger partial charge is 0.401 e. The van der Waals surface area contributed by atoms with E-state index in [4.69, 9.17) is 0 Å². The lowest BCUT2D eigenvalue weighted by molar-refractivity contribution is -0.148. The maximum absolute atomic E-state index is 13.6. The topological polar surface area (TPSA) is 39.7 Å². The monoisotopic (exact) mass is 534 g/mol. The Kier molecular flexibility index (Phi) is 11.2. The van der Waals surface area contributed by atoms with E-state index in [0.29, 0.717) is 50.0 Å². The summed E-state index contributed by atoms with van der Waals surface area (Å²) < 4.78 is 64.0. The Hall–Kier alpha value is -1.17. The van der Waals surface area contributed by atoms with Crippen LogP contribution in [0.2, 0.25) is 0 Å². The van der Waals surface area contributed by atoms with Crippen molar-refractivity contribution in [3.63, 3.8) is 0 Å². The van der Waals surface area contributed by atoms with E-state index in [1.807, 2.05) is 0 Å². The van der Waals surface area contributed by atoms with Crippen molar-refractivity contribution in [2.24, 2.45) is 10.9 Å². The van der Waals surface area contributed by atoms with Gasteiger partial charge >= 0.3 is 6.18 Å². The minimum absolute atomic E-state index is 0. The van der Waals surface area contributed by atoms with Gasteiger partial charge in [0.25, 0.3) is 0 Å². The van der Waals surface area contributed by atoms with Crippen molar-refractivity contribution in [1.29, 1.82) is 0 Å². The first-order valence-corrected chi connectivity index (χ1v) is 9.44. The summed E-state index contributed by atoms with van der Waals surface area (Å²) in [6.45, 7) is 1.15. The zero-order valence-corrected chi connectivity index (χ0v) is 18.7. The highest BCUT2D eigenvalue weighted by atomic mass is 127. The van der Waals surface area contributed by atoms with Gasteiger partial charge in [-0.25, -0.2) is 8.78 Å². The van der Waals surface area contributed by atoms with Gasteiger partial charge in [-0.1, -0.05) is 0 Å². The summed E-state index contributed by atoms with van der Waals surface area (Å²) >= 11 is 0. The second-order valence-corrected chi connectivity index (χ2v) is 7.03. The van der Waals surface area contributed by atoms with Crippen LogP contribution in [0, 0.1) is 17.6 Å². The van der Waals surface area contributed by atoms with Crippen molar-refractivity contribution in [3.05, 3.63) is 35.4 Å². The number of halogens is 6. The number of nitrogens with one attached hydrogen (secondary N) is 2. The van der Waals surface area contributed by atoms with Gasteiger partial charge in [-0.15, -0.1) is 24.0 Å². The fraction of sp³-hybridized carbons (Fsp3) is 0.632. The van der Waals surface area contributed by atoms with Crippen LogP contribution in [0.25, 0.3) is 0 Å². The fourth-order valence-corrected chi connectivity index (χ4v) is 3.35. The van der Waals surface area contributed by atoms with Gasteiger partial charge < -0.3 is 10.6 Å². The Morgan fingerprint density at radius 3 is 2.41 bits per heavy atom. The molecule has 1 aromatic rings. The summed E-state index contributed by atoms with van der Waals surface area (Å²) in [6.07, 6.45) is -1.46. The van der Waals surface area contributed by atoms with E-state index in [-0.39, 0.29) is 24.0 Å². The number of aliphatic imine (C=N–C) groups is 1. The number of rotatable bonds is 7. The quantitative estimate of drug-likeness (QED) is 0.241. The van der Waals surface area contributed by atoms with Crippen molar-refractivity contribution in [2.75, 3.05) is 39.8 Å². The van der Waals surface area contributed by atoms with Crippen LogP contribution < -0.4 is 10.6 Å². The molecule has 0 radical (unpaired) electrons. The highest BCUT2D eigenvalue weighted by Gasteiger charge is 2.32.